The first-order chi connectivity index (χ1) is 12.1. The summed E-state index contributed by atoms with van der Waals surface area (Å²) in [5.41, 5.74) is 0.792. The SMILES string of the molecule is O=S(=O)(c1ccc2c(c1)OCO2)N1CCNCC1c1ccccc1Cl. The lowest BCUT2D eigenvalue weighted by Gasteiger charge is -2.35. The van der Waals surface area contributed by atoms with Crippen LogP contribution in [0.2, 0.25) is 5.02 Å². The highest BCUT2D eigenvalue weighted by Crippen LogP contribution is 2.37. The molecule has 0 aliphatic carbocycles. The van der Waals surface area contributed by atoms with Crippen molar-refractivity contribution >= 4 is 21.6 Å². The van der Waals surface area contributed by atoms with Crippen LogP contribution in [0, 0.1) is 0 Å². The van der Waals surface area contributed by atoms with Crippen LogP contribution in [0.5, 0.6) is 11.5 Å². The van der Waals surface area contributed by atoms with Gasteiger partial charge in [-0.05, 0) is 23.8 Å². The van der Waals surface area contributed by atoms with E-state index in [1.54, 1.807) is 18.2 Å². The van der Waals surface area contributed by atoms with E-state index in [1.165, 1.54) is 10.4 Å². The molecule has 0 aromatic heterocycles. The lowest BCUT2D eigenvalue weighted by molar-refractivity contribution is 0.174. The zero-order chi connectivity index (χ0) is 17.4. The summed E-state index contributed by atoms with van der Waals surface area (Å²) in [6, 6.07) is 11.7. The summed E-state index contributed by atoms with van der Waals surface area (Å²) in [6.45, 7) is 1.57. The van der Waals surface area contributed by atoms with E-state index in [2.05, 4.69) is 5.32 Å². The topological polar surface area (TPSA) is 67.9 Å². The molecule has 8 heteroatoms. The first-order valence-electron chi connectivity index (χ1n) is 7.94. The predicted octanol–water partition coefficient (Wildman–Crippen LogP) is 2.40. The molecule has 0 bridgehead atoms. The van der Waals surface area contributed by atoms with Crippen molar-refractivity contribution in [1.29, 1.82) is 0 Å². The molecule has 2 aromatic rings. The van der Waals surface area contributed by atoms with Gasteiger partial charge in [-0.25, -0.2) is 8.42 Å². The Morgan fingerprint density at radius 1 is 1.12 bits per heavy atom. The third-order valence-corrected chi connectivity index (χ3v) is 6.66. The monoisotopic (exact) mass is 380 g/mol. The molecule has 25 heavy (non-hydrogen) atoms. The molecule has 0 radical (unpaired) electrons. The van der Waals surface area contributed by atoms with E-state index in [1.807, 2.05) is 18.2 Å². The van der Waals surface area contributed by atoms with E-state index in [4.69, 9.17) is 21.1 Å². The van der Waals surface area contributed by atoms with Gasteiger partial charge < -0.3 is 14.8 Å². The van der Waals surface area contributed by atoms with Crippen LogP contribution >= 0.6 is 11.6 Å². The van der Waals surface area contributed by atoms with Crippen molar-refractivity contribution in [3.05, 3.63) is 53.1 Å². The molecular formula is C17H17ClN2O4S. The standard InChI is InChI=1S/C17H17ClN2O4S/c18-14-4-2-1-3-13(14)15-10-19-7-8-20(15)25(21,22)12-5-6-16-17(9-12)24-11-23-16/h1-6,9,15,19H,7-8,10-11H2. The second-order valence-corrected chi connectivity index (χ2v) is 8.17. The number of sulfonamides is 1. The summed E-state index contributed by atoms with van der Waals surface area (Å²) < 4.78 is 38.6. The summed E-state index contributed by atoms with van der Waals surface area (Å²) in [5.74, 6) is 1.01. The molecule has 0 saturated carbocycles. The largest absolute Gasteiger partial charge is 0.454 e. The van der Waals surface area contributed by atoms with E-state index in [0.29, 0.717) is 36.2 Å². The Balaban J connectivity index is 1.73. The molecule has 1 atom stereocenters. The number of hydrogen-bond donors (Lipinski definition) is 1. The smallest absolute Gasteiger partial charge is 0.243 e. The van der Waals surface area contributed by atoms with Crippen LogP contribution < -0.4 is 14.8 Å². The number of halogens is 1. The molecule has 4 rings (SSSR count). The molecule has 1 fully saturated rings. The molecule has 2 heterocycles. The molecule has 132 valence electrons. The minimum absolute atomic E-state index is 0.106. The molecule has 2 aliphatic rings. The fourth-order valence-corrected chi connectivity index (χ4v) is 5.04. The van der Waals surface area contributed by atoms with Crippen LogP contribution in [0.15, 0.2) is 47.4 Å². The maximum absolute atomic E-state index is 13.2. The van der Waals surface area contributed by atoms with Crippen LogP contribution in [-0.2, 0) is 10.0 Å². The van der Waals surface area contributed by atoms with E-state index < -0.39 is 10.0 Å². The van der Waals surface area contributed by atoms with E-state index in [0.717, 1.165) is 5.56 Å². The molecule has 0 spiro atoms. The van der Waals surface area contributed by atoms with Gasteiger partial charge in [0.05, 0.1) is 10.9 Å². The van der Waals surface area contributed by atoms with Crippen molar-refractivity contribution in [2.45, 2.75) is 10.9 Å². The van der Waals surface area contributed by atoms with Crippen molar-refractivity contribution in [3.63, 3.8) is 0 Å². The molecular weight excluding hydrogens is 364 g/mol. The van der Waals surface area contributed by atoms with Gasteiger partial charge in [-0.3, -0.25) is 0 Å². The second kappa shape index (κ2) is 6.49. The third-order valence-electron chi connectivity index (χ3n) is 4.41. The van der Waals surface area contributed by atoms with Gasteiger partial charge in [0, 0.05) is 30.7 Å². The molecule has 1 N–H and O–H groups in total. The number of ether oxygens (including phenoxy) is 2. The Morgan fingerprint density at radius 3 is 2.76 bits per heavy atom. The van der Waals surface area contributed by atoms with Crippen LogP contribution in [0.4, 0.5) is 0 Å². The summed E-state index contributed by atoms with van der Waals surface area (Å²) in [4.78, 5) is 0.190. The highest BCUT2D eigenvalue weighted by Gasteiger charge is 2.36. The Bertz CT molecular complexity index is 903. The Kier molecular flexibility index (Phi) is 4.33. The lowest BCUT2D eigenvalue weighted by atomic mass is 10.1. The Hall–Kier alpha value is -1.80. The number of benzene rings is 2. The summed E-state index contributed by atoms with van der Waals surface area (Å²) in [7, 11) is -3.70. The molecule has 2 aromatic carbocycles. The van der Waals surface area contributed by atoms with Crippen LogP contribution in [-0.4, -0.2) is 39.2 Å². The van der Waals surface area contributed by atoms with Gasteiger partial charge in [-0.2, -0.15) is 4.31 Å². The first kappa shape index (κ1) is 16.7. The van der Waals surface area contributed by atoms with Gasteiger partial charge in [0.2, 0.25) is 16.8 Å². The van der Waals surface area contributed by atoms with Gasteiger partial charge in [0.25, 0.3) is 0 Å². The molecule has 0 amide bonds. The van der Waals surface area contributed by atoms with Crippen molar-refractivity contribution in [1.82, 2.24) is 9.62 Å². The maximum Gasteiger partial charge on any atom is 0.243 e. The number of nitrogens with one attached hydrogen (secondary N) is 1. The Morgan fingerprint density at radius 2 is 1.92 bits per heavy atom. The predicted molar refractivity (Wildman–Crippen MR) is 93.5 cm³/mol. The molecule has 6 nitrogen and oxygen atoms in total. The van der Waals surface area contributed by atoms with Crippen LogP contribution in [0.3, 0.4) is 0 Å². The molecule has 1 saturated heterocycles. The minimum Gasteiger partial charge on any atom is -0.454 e. The summed E-state index contributed by atoms with van der Waals surface area (Å²) in [5, 5.41) is 3.80. The lowest BCUT2D eigenvalue weighted by Crippen LogP contribution is -2.48. The zero-order valence-electron chi connectivity index (χ0n) is 13.3. The minimum atomic E-state index is -3.70. The number of hydrogen-bond acceptors (Lipinski definition) is 5. The maximum atomic E-state index is 13.2. The summed E-state index contributed by atoms with van der Waals surface area (Å²) in [6.07, 6.45) is 0. The zero-order valence-corrected chi connectivity index (χ0v) is 14.9. The molecule has 1 unspecified atom stereocenters. The van der Waals surface area contributed by atoms with Gasteiger partial charge >= 0.3 is 0 Å². The van der Waals surface area contributed by atoms with Crippen molar-refractivity contribution in [2.75, 3.05) is 26.4 Å². The van der Waals surface area contributed by atoms with E-state index >= 15 is 0 Å². The highest BCUT2D eigenvalue weighted by atomic mass is 35.5. The number of piperazine rings is 1. The number of nitrogens with zero attached hydrogens (tertiary/aromatic N) is 1. The fourth-order valence-electron chi connectivity index (χ4n) is 3.16. The van der Waals surface area contributed by atoms with Crippen molar-refractivity contribution in [2.24, 2.45) is 0 Å². The average Bonchev–Trinajstić information content (AvgIpc) is 3.10. The second-order valence-electron chi connectivity index (χ2n) is 5.87. The third kappa shape index (κ3) is 2.97. The number of rotatable bonds is 3. The summed E-state index contributed by atoms with van der Waals surface area (Å²) >= 11 is 6.31. The van der Waals surface area contributed by atoms with E-state index in [-0.39, 0.29) is 17.7 Å². The van der Waals surface area contributed by atoms with Crippen LogP contribution in [0.25, 0.3) is 0 Å². The Labute approximate surface area is 151 Å². The highest BCUT2D eigenvalue weighted by molar-refractivity contribution is 7.89. The average molecular weight is 381 g/mol. The van der Waals surface area contributed by atoms with Crippen molar-refractivity contribution in [3.8, 4) is 11.5 Å². The van der Waals surface area contributed by atoms with Gasteiger partial charge in [-0.1, -0.05) is 29.8 Å². The first-order valence-corrected chi connectivity index (χ1v) is 9.76. The van der Waals surface area contributed by atoms with Gasteiger partial charge in [0.1, 0.15) is 0 Å². The quantitative estimate of drug-likeness (QED) is 0.885. The van der Waals surface area contributed by atoms with Gasteiger partial charge in [0.15, 0.2) is 11.5 Å². The fraction of sp³-hybridized carbons (Fsp3) is 0.294. The normalized spacial score (nSPS) is 20.6. The number of fused-ring (bicyclic) bond motifs is 1. The molecule has 2 aliphatic heterocycles. The van der Waals surface area contributed by atoms with Crippen molar-refractivity contribution < 1.29 is 17.9 Å². The van der Waals surface area contributed by atoms with Crippen LogP contribution in [0.1, 0.15) is 11.6 Å². The van der Waals surface area contributed by atoms with Gasteiger partial charge in [-0.15, -0.1) is 0 Å². The van der Waals surface area contributed by atoms with E-state index in [9.17, 15) is 8.42 Å².